The van der Waals surface area contributed by atoms with Crippen LogP contribution in [0.5, 0.6) is 0 Å². The molecule has 5 nitrogen and oxygen atoms in total. The van der Waals surface area contributed by atoms with Crippen LogP contribution >= 0.6 is 0 Å². The monoisotopic (exact) mass is 349 g/mol. The fourth-order valence-electron chi connectivity index (χ4n) is 3.16. The van der Waals surface area contributed by atoms with Crippen LogP contribution in [0.2, 0.25) is 0 Å². The van der Waals surface area contributed by atoms with Crippen molar-refractivity contribution in [1.29, 1.82) is 5.26 Å². The fourth-order valence-corrected chi connectivity index (χ4v) is 4.51. The smallest absolute Gasteiger partial charge is 0.216 e. The molecule has 1 saturated heterocycles. The van der Waals surface area contributed by atoms with Gasteiger partial charge in [0.2, 0.25) is 10.0 Å². The molecule has 132 valence electrons. The van der Waals surface area contributed by atoms with Crippen LogP contribution in [-0.2, 0) is 16.6 Å². The molecule has 0 amide bonds. The van der Waals surface area contributed by atoms with E-state index in [0.29, 0.717) is 30.6 Å². The lowest BCUT2D eigenvalue weighted by Gasteiger charge is -2.38. The molecule has 2 atom stereocenters. The number of sulfonamides is 1. The number of rotatable bonds is 6. The first-order valence-electron chi connectivity index (χ1n) is 8.59. The van der Waals surface area contributed by atoms with Gasteiger partial charge in [-0.2, -0.15) is 5.26 Å². The molecule has 2 rings (SSSR count). The van der Waals surface area contributed by atoms with Gasteiger partial charge in [0, 0.05) is 25.7 Å². The molecule has 1 fully saturated rings. The first-order valence-corrected chi connectivity index (χ1v) is 10.1. The largest absolute Gasteiger partial charge is 0.310 e. The van der Waals surface area contributed by atoms with Gasteiger partial charge in [-0.3, -0.25) is 0 Å². The van der Waals surface area contributed by atoms with Gasteiger partial charge in [-0.05, 0) is 43.9 Å². The quantitative estimate of drug-likeness (QED) is 0.856. The number of nitriles is 1. The van der Waals surface area contributed by atoms with E-state index >= 15 is 0 Å². The Morgan fingerprint density at radius 2 is 2.00 bits per heavy atom. The van der Waals surface area contributed by atoms with Gasteiger partial charge in [-0.15, -0.1) is 0 Å². The molecular formula is C18H27N3O2S. The van der Waals surface area contributed by atoms with Crippen molar-refractivity contribution in [3.8, 4) is 6.07 Å². The van der Waals surface area contributed by atoms with Crippen molar-refractivity contribution >= 4 is 10.0 Å². The Balaban J connectivity index is 1.96. The summed E-state index contributed by atoms with van der Waals surface area (Å²) in [6.07, 6.45) is 1.79. The molecule has 6 heteroatoms. The van der Waals surface area contributed by atoms with Gasteiger partial charge in [0.15, 0.2) is 0 Å². The molecule has 1 aliphatic rings. The standard InChI is InChI=1S/C18H27N3O2S/c1-4-17-13-21(24(22,23)14(2)3)10-9-18(17)20-12-16-7-5-15(11-19)6-8-16/h5-8,14,17-18,20H,4,9-10,12-13H2,1-3H3/t17-,18-/m0/s1. The first-order chi connectivity index (χ1) is 11.4. The molecule has 24 heavy (non-hydrogen) atoms. The second kappa shape index (κ2) is 8.11. The van der Waals surface area contributed by atoms with E-state index < -0.39 is 10.0 Å². The third kappa shape index (κ3) is 4.35. The van der Waals surface area contributed by atoms with Gasteiger partial charge in [0.25, 0.3) is 0 Å². The maximum Gasteiger partial charge on any atom is 0.216 e. The minimum Gasteiger partial charge on any atom is -0.310 e. The number of nitrogens with one attached hydrogen (secondary N) is 1. The van der Waals surface area contributed by atoms with E-state index in [-0.39, 0.29) is 5.25 Å². The maximum absolute atomic E-state index is 12.4. The summed E-state index contributed by atoms with van der Waals surface area (Å²) in [4.78, 5) is 0. The summed E-state index contributed by atoms with van der Waals surface area (Å²) in [5.74, 6) is 0.325. The third-order valence-corrected chi connectivity index (χ3v) is 7.07. The van der Waals surface area contributed by atoms with Crippen LogP contribution < -0.4 is 5.32 Å². The Hall–Kier alpha value is -1.42. The topological polar surface area (TPSA) is 73.2 Å². The molecule has 1 aromatic carbocycles. The van der Waals surface area contributed by atoms with Crippen molar-refractivity contribution in [3.05, 3.63) is 35.4 Å². The van der Waals surface area contributed by atoms with Crippen molar-refractivity contribution in [3.63, 3.8) is 0 Å². The zero-order chi connectivity index (χ0) is 17.7. The van der Waals surface area contributed by atoms with E-state index in [1.165, 1.54) is 0 Å². The lowest BCUT2D eigenvalue weighted by atomic mass is 9.91. The highest BCUT2D eigenvalue weighted by Gasteiger charge is 2.34. The average Bonchev–Trinajstić information content (AvgIpc) is 2.60. The van der Waals surface area contributed by atoms with Crippen LogP contribution in [0.25, 0.3) is 0 Å². The van der Waals surface area contributed by atoms with Gasteiger partial charge >= 0.3 is 0 Å². The van der Waals surface area contributed by atoms with Crippen LogP contribution in [0.4, 0.5) is 0 Å². The number of piperidine rings is 1. The van der Waals surface area contributed by atoms with E-state index in [1.807, 2.05) is 24.3 Å². The second-order valence-corrected chi connectivity index (χ2v) is 9.19. The zero-order valence-corrected chi connectivity index (χ0v) is 15.5. The summed E-state index contributed by atoms with van der Waals surface area (Å²) < 4.78 is 26.4. The Kier molecular flexibility index (Phi) is 6.39. The summed E-state index contributed by atoms with van der Waals surface area (Å²) >= 11 is 0. The van der Waals surface area contributed by atoms with Crippen LogP contribution in [0.3, 0.4) is 0 Å². The molecule has 1 aromatic rings. The van der Waals surface area contributed by atoms with Gasteiger partial charge in [-0.25, -0.2) is 12.7 Å². The Labute approximate surface area is 145 Å². The Bertz CT molecular complexity index is 677. The number of nitrogens with zero attached hydrogens (tertiary/aromatic N) is 2. The Morgan fingerprint density at radius 3 is 2.54 bits per heavy atom. The van der Waals surface area contributed by atoms with Crippen molar-refractivity contribution in [2.24, 2.45) is 5.92 Å². The molecule has 1 aliphatic heterocycles. The highest BCUT2D eigenvalue weighted by Crippen LogP contribution is 2.24. The zero-order valence-electron chi connectivity index (χ0n) is 14.7. The molecular weight excluding hydrogens is 322 g/mol. The van der Waals surface area contributed by atoms with Gasteiger partial charge < -0.3 is 5.32 Å². The molecule has 0 spiro atoms. The van der Waals surface area contributed by atoms with E-state index in [9.17, 15) is 8.42 Å². The molecule has 0 radical (unpaired) electrons. The number of hydrogen-bond acceptors (Lipinski definition) is 4. The summed E-state index contributed by atoms with van der Waals surface area (Å²) in [6.45, 7) is 7.53. The fraction of sp³-hybridized carbons (Fsp3) is 0.611. The molecule has 0 unspecified atom stereocenters. The van der Waals surface area contributed by atoms with Crippen LogP contribution in [-0.4, -0.2) is 37.1 Å². The average molecular weight is 350 g/mol. The predicted octanol–water partition coefficient (Wildman–Crippen LogP) is 2.49. The van der Waals surface area contributed by atoms with Crippen LogP contribution in [0.15, 0.2) is 24.3 Å². The predicted molar refractivity (Wildman–Crippen MR) is 95.8 cm³/mol. The number of hydrogen-bond donors (Lipinski definition) is 1. The van der Waals surface area contributed by atoms with Crippen LogP contribution in [0, 0.1) is 17.2 Å². The van der Waals surface area contributed by atoms with E-state index in [2.05, 4.69) is 18.3 Å². The van der Waals surface area contributed by atoms with E-state index in [4.69, 9.17) is 5.26 Å². The van der Waals surface area contributed by atoms with Crippen molar-refractivity contribution in [2.45, 2.75) is 51.4 Å². The van der Waals surface area contributed by atoms with E-state index in [0.717, 1.165) is 24.9 Å². The summed E-state index contributed by atoms with van der Waals surface area (Å²) in [5.41, 5.74) is 1.80. The van der Waals surface area contributed by atoms with Gasteiger partial charge in [-0.1, -0.05) is 25.5 Å². The Morgan fingerprint density at radius 1 is 1.33 bits per heavy atom. The van der Waals surface area contributed by atoms with Gasteiger partial charge in [0.05, 0.1) is 16.9 Å². The lowest BCUT2D eigenvalue weighted by molar-refractivity contribution is 0.200. The summed E-state index contributed by atoms with van der Waals surface area (Å²) in [5, 5.41) is 12.0. The maximum atomic E-state index is 12.4. The van der Waals surface area contributed by atoms with Crippen molar-refractivity contribution < 1.29 is 8.42 Å². The summed E-state index contributed by atoms with van der Waals surface area (Å²) in [7, 11) is -3.17. The third-order valence-electron chi connectivity index (χ3n) is 4.83. The van der Waals surface area contributed by atoms with Crippen molar-refractivity contribution in [2.75, 3.05) is 13.1 Å². The molecule has 1 heterocycles. The first kappa shape index (κ1) is 18.9. The molecule has 1 N–H and O–H groups in total. The molecule has 0 bridgehead atoms. The normalized spacial score (nSPS) is 22.5. The SMILES string of the molecule is CC[C@H]1CN(S(=O)(=O)C(C)C)CC[C@@H]1NCc1ccc(C#N)cc1. The molecule has 0 aromatic heterocycles. The van der Waals surface area contributed by atoms with Crippen molar-refractivity contribution in [1.82, 2.24) is 9.62 Å². The molecule has 0 saturated carbocycles. The second-order valence-electron chi connectivity index (χ2n) is 6.70. The van der Waals surface area contributed by atoms with Gasteiger partial charge in [0.1, 0.15) is 0 Å². The highest BCUT2D eigenvalue weighted by atomic mass is 32.2. The minimum atomic E-state index is -3.17. The number of benzene rings is 1. The summed E-state index contributed by atoms with van der Waals surface area (Å²) in [6, 6.07) is 10.0. The lowest BCUT2D eigenvalue weighted by Crippen LogP contribution is -2.51. The minimum absolute atomic E-state index is 0.323. The highest BCUT2D eigenvalue weighted by molar-refractivity contribution is 7.89. The van der Waals surface area contributed by atoms with Crippen LogP contribution in [0.1, 0.15) is 44.7 Å². The molecule has 0 aliphatic carbocycles. The van der Waals surface area contributed by atoms with E-state index in [1.54, 1.807) is 18.2 Å².